The van der Waals surface area contributed by atoms with Gasteiger partial charge in [0, 0.05) is 30.9 Å². The molecule has 7 heteroatoms. The van der Waals surface area contributed by atoms with Crippen LogP contribution in [-0.4, -0.2) is 24.3 Å². The topological polar surface area (TPSA) is 102 Å². The van der Waals surface area contributed by atoms with Crippen LogP contribution in [0.15, 0.2) is 48.5 Å². The van der Waals surface area contributed by atoms with Crippen molar-refractivity contribution in [3.05, 3.63) is 54.1 Å². The number of anilines is 3. The molecule has 7 nitrogen and oxygen atoms in total. The van der Waals surface area contributed by atoms with E-state index in [-0.39, 0.29) is 24.3 Å². The standard InChI is InChI=1S/C19H18N4O3/c1-13(24)21-17-4-3-5-18(10-17)23(14(2)25)12-19(26)22-16-8-6-15(11-20)7-9-16/h3-10H,12H2,1-2H3,(H,21,24)(H,22,26). The fourth-order valence-electron chi connectivity index (χ4n) is 2.31. The molecule has 2 aromatic carbocycles. The van der Waals surface area contributed by atoms with Gasteiger partial charge in [0.05, 0.1) is 11.6 Å². The van der Waals surface area contributed by atoms with Crippen LogP contribution in [-0.2, 0) is 14.4 Å². The number of nitrogens with zero attached hydrogens (tertiary/aromatic N) is 2. The van der Waals surface area contributed by atoms with Crippen LogP contribution in [0.2, 0.25) is 0 Å². The van der Waals surface area contributed by atoms with Crippen molar-refractivity contribution >= 4 is 34.8 Å². The zero-order valence-electron chi connectivity index (χ0n) is 14.4. The largest absolute Gasteiger partial charge is 0.326 e. The maximum Gasteiger partial charge on any atom is 0.244 e. The number of carbonyl (C=O) groups is 3. The fraction of sp³-hybridized carbons (Fsp3) is 0.158. The predicted molar refractivity (Wildman–Crippen MR) is 98.6 cm³/mol. The van der Waals surface area contributed by atoms with Crippen molar-refractivity contribution in [1.29, 1.82) is 5.26 Å². The second-order valence-electron chi connectivity index (χ2n) is 5.57. The summed E-state index contributed by atoms with van der Waals surface area (Å²) in [4.78, 5) is 36.7. The molecule has 0 aliphatic heterocycles. The second-order valence-corrected chi connectivity index (χ2v) is 5.57. The highest BCUT2D eigenvalue weighted by molar-refractivity contribution is 6.02. The molecule has 0 atom stereocenters. The Hall–Kier alpha value is -3.66. The van der Waals surface area contributed by atoms with Crippen molar-refractivity contribution in [1.82, 2.24) is 0 Å². The lowest BCUT2D eigenvalue weighted by atomic mass is 10.2. The molecule has 0 radical (unpaired) electrons. The van der Waals surface area contributed by atoms with E-state index in [1.54, 1.807) is 48.5 Å². The number of carbonyl (C=O) groups excluding carboxylic acids is 3. The monoisotopic (exact) mass is 350 g/mol. The molecule has 0 bridgehead atoms. The van der Waals surface area contributed by atoms with E-state index in [1.165, 1.54) is 18.7 Å². The molecule has 2 N–H and O–H groups in total. The predicted octanol–water partition coefficient (Wildman–Crippen LogP) is 2.51. The summed E-state index contributed by atoms with van der Waals surface area (Å²) < 4.78 is 0. The molecule has 0 aromatic heterocycles. The molecule has 0 saturated heterocycles. The quantitative estimate of drug-likeness (QED) is 0.865. The first-order valence-electron chi connectivity index (χ1n) is 7.85. The van der Waals surface area contributed by atoms with Gasteiger partial charge in [-0.2, -0.15) is 5.26 Å². The van der Waals surface area contributed by atoms with Crippen LogP contribution in [0.5, 0.6) is 0 Å². The first-order chi connectivity index (χ1) is 12.4. The second kappa shape index (κ2) is 8.44. The Labute approximate surface area is 151 Å². The zero-order chi connectivity index (χ0) is 19.1. The van der Waals surface area contributed by atoms with Crippen molar-refractivity contribution in [2.75, 3.05) is 22.1 Å². The molecule has 2 rings (SSSR count). The van der Waals surface area contributed by atoms with Crippen molar-refractivity contribution < 1.29 is 14.4 Å². The first kappa shape index (κ1) is 18.7. The van der Waals surface area contributed by atoms with Crippen molar-refractivity contribution in [3.63, 3.8) is 0 Å². The van der Waals surface area contributed by atoms with Crippen LogP contribution >= 0.6 is 0 Å². The third kappa shape index (κ3) is 5.18. The maximum atomic E-state index is 12.3. The molecule has 0 spiro atoms. The highest BCUT2D eigenvalue weighted by atomic mass is 16.2. The van der Waals surface area contributed by atoms with E-state index in [0.29, 0.717) is 22.6 Å². The number of amides is 3. The average Bonchev–Trinajstić information content (AvgIpc) is 2.59. The van der Waals surface area contributed by atoms with Gasteiger partial charge in [-0.15, -0.1) is 0 Å². The Bertz CT molecular complexity index is 869. The number of nitrogens with one attached hydrogen (secondary N) is 2. The average molecular weight is 350 g/mol. The Kier molecular flexibility index (Phi) is 6.06. The number of rotatable bonds is 5. The van der Waals surface area contributed by atoms with Crippen LogP contribution in [0.4, 0.5) is 17.1 Å². The minimum Gasteiger partial charge on any atom is -0.326 e. The van der Waals surface area contributed by atoms with Gasteiger partial charge in [-0.25, -0.2) is 0 Å². The van der Waals surface area contributed by atoms with Gasteiger partial charge in [-0.3, -0.25) is 14.4 Å². The molecular weight excluding hydrogens is 332 g/mol. The molecule has 0 saturated carbocycles. The molecule has 0 unspecified atom stereocenters. The minimum absolute atomic E-state index is 0.182. The third-order valence-electron chi connectivity index (χ3n) is 3.46. The summed E-state index contributed by atoms with van der Waals surface area (Å²) in [7, 11) is 0. The summed E-state index contributed by atoms with van der Waals surface area (Å²) in [6, 6.07) is 15.1. The summed E-state index contributed by atoms with van der Waals surface area (Å²) in [5.74, 6) is -0.912. The van der Waals surface area contributed by atoms with Crippen LogP contribution in [0.3, 0.4) is 0 Å². The zero-order valence-corrected chi connectivity index (χ0v) is 14.4. The Balaban J connectivity index is 2.12. The van der Waals surface area contributed by atoms with Gasteiger partial charge < -0.3 is 15.5 Å². The number of benzene rings is 2. The summed E-state index contributed by atoms with van der Waals surface area (Å²) in [6.45, 7) is 2.57. The molecular formula is C19H18N4O3. The first-order valence-corrected chi connectivity index (χ1v) is 7.85. The van der Waals surface area contributed by atoms with E-state index in [0.717, 1.165) is 0 Å². The van der Waals surface area contributed by atoms with E-state index < -0.39 is 0 Å². The van der Waals surface area contributed by atoms with Gasteiger partial charge in [-0.1, -0.05) is 6.07 Å². The normalized spacial score (nSPS) is 9.73. The van der Waals surface area contributed by atoms with E-state index >= 15 is 0 Å². The van der Waals surface area contributed by atoms with Gasteiger partial charge in [0.2, 0.25) is 17.7 Å². The van der Waals surface area contributed by atoms with Crippen LogP contribution in [0.1, 0.15) is 19.4 Å². The van der Waals surface area contributed by atoms with Gasteiger partial charge >= 0.3 is 0 Å². The van der Waals surface area contributed by atoms with Crippen molar-refractivity contribution in [3.8, 4) is 6.07 Å². The Morgan fingerprint density at radius 3 is 2.27 bits per heavy atom. The van der Waals surface area contributed by atoms with E-state index in [1.807, 2.05) is 6.07 Å². The number of hydrogen-bond donors (Lipinski definition) is 2. The summed E-state index contributed by atoms with van der Waals surface area (Å²) in [5, 5.41) is 14.1. The van der Waals surface area contributed by atoms with E-state index in [4.69, 9.17) is 5.26 Å². The highest BCUT2D eigenvalue weighted by Gasteiger charge is 2.16. The molecule has 0 heterocycles. The Morgan fingerprint density at radius 1 is 1.00 bits per heavy atom. The molecule has 0 fully saturated rings. The van der Waals surface area contributed by atoms with E-state index in [2.05, 4.69) is 10.6 Å². The maximum absolute atomic E-state index is 12.3. The fourth-order valence-corrected chi connectivity index (χ4v) is 2.31. The van der Waals surface area contributed by atoms with Crippen molar-refractivity contribution in [2.24, 2.45) is 0 Å². The molecule has 3 amide bonds. The molecule has 0 aliphatic carbocycles. The lowest BCUT2D eigenvalue weighted by Gasteiger charge is -2.21. The van der Waals surface area contributed by atoms with Gasteiger partial charge in [0.25, 0.3) is 0 Å². The minimum atomic E-state index is -0.380. The third-order valence-corrected chi connectivity index (χ3v) is 3.46. The van der Waals surface area contributed by atoms with Gasteiger partial charge in [-0.05, 0) is 42.5 Å². The summed E-state index contributed by atoms with van der Waals surface area (Å²) in [6.07, 6.45) is 0. The van der Waals surface area contributed by atoms with Crippen LogP contribution < -0.4 is 15.5 Å². The summed E-state index contributed by atoms with van der Waals surface area (Å²) >= 11 is 0. The molecule has 26 heavy (non-hydrogen) atoms. The van der Waals surface area contributed by atoms with E-state index in [9.17, 15) is 14.4 Å². The summed E-state index contributed by atoms with van der Waals surface area (Å²) in [5.41, 5.74) is 2.06. The smallest absolute Gasteiger partial charge is 0.244 e. The lowest BCUT2D eigenvalue weighted by Crippen LogP contribution is -2.36. The van der Waals surface area contributed by atoms with Crippen LogP contribution in [0.25, 0.3) is 0 Å². The highest BCUT2D eigenvalue weighted by Crippen LogP contribution is 2.20. The Morgan fingerprint density at radius 2 is 1.69 bits per heavy atom. The SMILES string of the molecule is CC(=O)Nc1cccc(N(CC(=O)Nc2ccc(C#N)cc2)C(C)=O)c1. The van der Waals surface area contributed by atoms with Crippen molar-refractivity contribution in [2.45, 2.75) is 13.8 Å². The van der Waals surface area contributed by atoms with Gasteiger partial charge in [0.1, 0.15) is 6.54 Å². The molecule has 2 aromatic rings. The van der Waals surface area contributed by atoms with Gasteiger partial charge in [0.15, 0.2) is 0 Å². The molecule has 0 aliphatic rings. The van der Waals surface area contributed by atoms with Crippen LogP contribution in [0, 0.1) is 11.3 Å². The molecule has 132 valence electrons. The lowest BCUT2D eigenvalue weighted by molar-refractivity contribution is -0.120. The number of hydrogen-bond acceptors (Lipinski definition) is 4. The number of nitriles is 1.